The van der Waals surface area contributed by atoms with Crippen molar-refractivity contribution in [3.63, 3.8) is 0 Å². The molecule has 2 aromatic carbocycles. The molecule has 2 aromatic rings. The number of anilines is 1. The highest BCUT2D eigenvalue weighted by Gasteiger charge is 2.39. The number of nitrogens with zero attached hydrogens (tertiary/aromatic N) is 3. The van der Waals surface area contributed by atoms with Crippen molar-refractivity contribution >= 4 is 23.4 Å². The van der Waals surface area contributed by atoms with Gasteiger partial charge < -0.3 is 15.0 Å². The van der Waals surface area contributed by atoms with Crippen molar-refractivity contribution in [2.45, 2.75) is 25.3 Å². The third-order valence-electron chi connectivity index (χ3n) is 6.49. The summed E-state index contributed by atoms with van der Waals surface area (Å²) in [6.45, 7) is 5.14. The lowest BCUT2D eigenvalue weighted by atomic mass is 10.2. The van der Waals surface area contributed by atoms with Crippen LogP contribution in [-0.2, 0) is 9.59 Å². The summed E-state index contributed by atoms with van der Waals surface area (Å²) in [7, 11) is 1.70. The Balaban J connectivity index is 1.17. The topological polar surface area (TPSA) is 82.2 Å². The normalized spacial score (nSPS) is 18.9. The zero-order valence-corrected chi connectivity index (χ0v) is 19.6. The fourth-order valence-corrected chi connectivity index (χ4v) is 4.57. The van der Waals surface area contributed by atoms with Gasteiger partial charge in [-0.2, -0.15) is 0 Å². The van der Waals surface area contributed by atoms with Gasteiger partial charge in [0.15, 0.2) is 0 Å². The predicted molar refractivity (Wildman–Crippen MR) is 130 cm³/mol. The average molecular weight is 465 g/mol. The van der Waals surface area contributed by atoms with E-state index in [1.165, 1.54) is 4.90 Å². The predicted octanol–water partition coefficient (Wildman–Crippen LogP) is 2.15. The van der Waals surface area contributed by atoms with Crippen molar-refractivity contribution in [3.05, 3.63) is 60.2 Å². The van der Waals surface area contributed by atoms with E-state index in [4.69, 9.17) is 4.74 Å². The molecular weight excluding hydrogens is 432 g/mol. The number of carbonyl (C=O) groups is 3. The van der Waals surface area contributed by atoms with Crippen molar-refractivity contribution in [2.24, 2.45) is 0 Å². The van der Waals surface area contributed by atoms with Gasteiger partial charge in [-0.3, -0.25) is 24.2 Å². The fraction of sp³-hybridized carbons (Fsp3) is 0.423. The number of hydrogen-bond acceptors (Lipinski definition) is 6. The third-order valence-corrected chi connectivity index (χ3v) is 6.49. The summed E-state index contributed by atoms with van der Waals surface area (Å²) in [5.74, 6) is 0.0449. The van der Waals surface area contributed by atoms with E-state index < -0.39 is 6.04 Å². The van der Waals surface area contributed by atoms with Crippen LogP contribution in [0.2, 0.25) is 0 Å². The molecule has 3 amide bonds. The van der Waals surface area contributed by atoms with E-state index in [2.05, 4.69) is 21.2 Å². The second kappa shape index (κ2) is 11.2. The van der Waals surface area contributed by atoms with Crippen LogP contribution in [0.3, 0.4) is 0 Å². The van der Waals surface area contributed by atoms with Crippen LogP contribution < -0.4 is 15.0 Å². The molecule has 0 aliphatic carbocycles. The molecule has 2 fully saturated rings. The molecule has 0 saturated carbocycles. The number of rotatable bonds is 9. The van der Waals surface area contributed by atoms with Crippen molar-refractivity contribution in [1.82, 2.24) is 15.1 Å². The van der Waals surface area contributed by atoms with Gasteiger partial charge in [-0.15, -0.1) is 0 Å². The number of amides is 3. The maximum absolute atomic E-state index is 12.7. The van der Waals surface area contributed by atoms with E-state index in [1.54, 1.807) is 31.4 Å². The van der Waals surface area contributed by atoms with E-state index in [1.807, 2.05) is 24.3 Å². The first-order valence-electron chi connectivity index (χ1n) is 11.9. The summed E-state index contributed by atoms with van der Waals surface area (Å²) >= 11 is 0. The van der Waals surface area contributed by atoms with E-state index in [0.717, 1.165) is 57.0 Å². The first kappa shape index (κ1) is 23.8. The number of ether oxygens (including phenoxy) is 1. The Hall–Kier alpha value is -3.39. The summed E-state index contributed by atoms with van der Waals surface area (Å²) in [5.41, 5.74) is 1.61. The van der Waals surface area contributed by atoms with Crippen molar-refractivity contribution in [2.75, 3.05) is 51.3 Å². The first-order chi connectivity index (χ1) is 16.6. The summed E-state index contributed by atoms with van der Waals surface area (Å²) in [6.07, 6.45) is 1.69. The molecule has 180 valence electrons. The number of imide groups is 1. The van der Waals surface area contributed by atoms with Crippen LogP contribution in [0.15, 0.2) is 54.6 Å². The largest absolute Gasteiger partial charge is 0.495 e. The Morgan fingerprint density at radius 3 is 2.35 bits per heavy atom. The maximum Gasteiger partial charge on any atom is 0.252 e. The molecule has 1 N–H and O–H groups in total. The number of likely N-dealkylation sites (tertiary alicyclic amines) is 1. The first-order valence-corrected chi connectivity index (χ1v) is 11.9. The Kier molecular flexibility index (Phi) is 7.80. The summed E-state index contributed by atoms with van der Waals surface area (Å²) in [5, 5.41) is 2.70. The highest BCUT2D eigenvalue weighted by atomic mass is 16.5. The van der Waals surface area contributed by atoms with Gasteiger partial charge in [0.1, 0.15) is 11.8 Å². The standard InChI is InChI=1S/C26H32N4O4/c1-34-23-12-6-5-11-22(23)29-17-15-28(16-18-29)13-7-8-14-30-24(31)19-21(26(30)33)27-25(32)20-9-3-2-4-10-20/h2-6,9-12,21H,7-8,13-19H2,1H3,(H,27,32)/t21-/m0/s1. The lowest BCUT2D eigenvalue weighted by Gasteiger charge is -2.36. The minimum absolute atomic E-state index is 0.0301. The van der Waals surface area contributed by atoms with Gasteiger partial charge in [0.05, 0.1) is 19.2 Å². The summed E-state index contributed by atoms with van der Waals surface area (Å²) in [4.78, 5) is 43.4. The number of unbranched alkanes of at least 4 members (excludes halogenated alkanes) is 1. The Labute approximate surface area is 200 Å². The van der Waals surface area contributed by atoms with Gasteiger partial charge in [0.2, 0.25) is 5.91 Å². The quantitative estimate of drug-likeness (QED) is 0.452. The zero-order chi connectivity index (χ0) is 23.9. The number of para-hydroxylation sites is 2. The molecule has 0 radical (unpaired) electrons. The van der Waals surface area contributed by atoms with Crippen LogP contribution >= 0.6 is 0 Å². The van der Waals surface area contributed by atoms with Crippen molar-refractivity contribution in [3.8, 4) is 5.75 Å². The lowest BCUT2D eigenvalue weighted by Crippen LogP contribution is -2.46. The Morgan fingerprint density at radius 1 is 0.941 bits per heavy atom. The van der Waals surface area contributed by atoms with Gasteiger partial charge >= 0.3 is 0 Å². The van der Waals surface area contributed by atoms with Crippen molar-refractivity contribution < 1.29 is 19.1 Å². The van der Waals surface area contributed by atoms with Gasteiger partial charge in [-0.1, -0.05) is 30.3 Å². The molecule has 2 heterocycles. The number of nitrogens with one attached hydrogen (secondary N) is 1. The van der Waals surface area contributed by atoms with E-state index >= 15 is 0 Å². The minimum atomic E-state index is -0.775. The Bertz CT molecular complexity index is 1000. The molecule has 8 heteroatoms. The fourth-order valence-electron chi connectivity index (χ4n) is 4.57. The Morgan fingerprint density at radius 2 is 1.62 bits per heavy atom. The molecule has 2 aliphatic rings. The molecule has 0 bridgehead atoms. The number of benzene rings is 2. The van der Waals surface area contributed by atoms with Gasteiger partial charge in [-0.05, 0) is 43.7 Å². The maximum atomic E-state index is 12.7. The molecular formula is C26H32N4O4. The van der Waals surface area contributed by atoms with Crippen LogP contribution in [0.5, 0.6) is 5.75 Å². The molecule has 1 atom stereocenters. The van der Waals surface area contributed by atoms with Gasteiger partial charge in [-0.25, -0.2) is 0 Å². The average Bonchev–Trinajstić information content (AvgIpc) is 3.14. The summed E-state index contributed by atoms with van der Waals surface area (Å²) < 4.78 is 5.48. The number of piperazine rings is 1. The highest BCUT2D eigenvalue weighted by Crippen LogP contribution is 2.28. The van der Waals surface area contributed by atoms with E-state index in [9.17, 15) is 14.4 Å². The molecule has 4 rings (SSSR count). The smallest absolute Gasteiger partial charge is 0.252 e. The number of hydrogen-bond donors (Lipinski definition) is 1. The number of carbonyl (C=O) groups excluding carboxylic acids is 3. The van der Waals surface area contributed by atoms with Crippen LogP contribution in [0.4, 0.5) is 5.69 Å². The monoisotopic (exact) mass is 464 g/mol. The van der Waals surface area contributed by atoms with Gasteiger partial charge in [0, 0.05) is 38.3 Å². The molecule has 0 unspecified atom stereocenters. The SMILES string of the molecule is COc1ccccc1N1CCN(CCCCN2C(=O)C[C@H](NC(=O)c3ccccc3)C2=O)CC1. The number of methoxy groups -OCH3 is 1. The molecule has 2 aliphatic heterocycles. The lowest BCUT2D eigenvalue weighted by molar-refractivity contribution is -0.138. The second-order valence-corrected chi connectivity index (χ2v) is 8.69. The van der Waals surface area contributed by atoms with E-state index in [-0.39, 0.29) is 24.1 Å². The van der Waals surface area contributed by atoms with Crippen LogP contribution in [-0.4, -0.2) is 79.9 Å². The highest BCUT2D eigenvalue weighted by molar-refractivity contribution is 6.08. The second-order valence-electron chi connectivity index (χ2n) is 8.69. The third kappa shape index (κ3) is 5.56. The summed E-state index contributed by atoms with van der Waals surface area (Å²) in [6, 6.07) is 16.0. The minimum Gasteiger partial charge on any atom is -0.495 e. The molecule has 0 spiro atoms. The molecule has 34 heavy (non-hydrogen) atoms. The molecule has 8 nitrogen and oxygen atoms in total. The van der Waals surface area contributed by atoms with Crippen LogP contribution in [0, 0.1) is 0 Å². The van der Waals surface area contributed by atoms with Crippen LogP contribution in [0.25, 0.3) is 0 Å². The zero-order valence-electron chi connectivity index (χ0n) is 19.6. The van der Waals surface area contributed by atoms with E-state index in [0.29, 0.717) is 12.1 Å². The van der Waals surface area contributed by atoms with Crippen LogP contribution in [0.1, 0.15) is 29.6 Å². The van der Waals surface area contributed by atoms with Crippen molar-refractivity contribution in [1.29, 1.82) is 0 Å². The molecule has 0 aromatic heterocycles. The molecule has 2 saturated heterocycles. The van der Waals surface area contributed by atoms with Gasteiger partial charge in [0.25, 0.3) is 11.8 Å².